The Hall–Kier alpha value is -0.480. The zero-order valence-electron chi connectivity index (χ0n) is 9.02. The average molecular weight is 261 g/mol. The van der Waals surface area contributed by atoms with Crippen LogP contribution in [0.3, 0.4) is 0 Å². The summed E-state index contributed by atoms with van der Waals surface area (Å²) in [7, 11) is 1.58. The molecule has 1 aromatic rings. The third-order valence-corrected chi connectivity index (χ3v) is 3.31. The van der Waals surface area contributed by atoms with E-state index in [-0.39, 0.29) is 6.04 Å². The molecule has 0 saturated carbocycles. The number of hydrogen-bond acceptors (Lipinski definition) is 3. The summed E-state index contributed by atoms with van der Waals surface area (Å²) >= 11 is 12.3. The molecule has 0 aliphatic carbocycles. The monoisotopic (exact) mass is 260 g/mol. The van der Waals surface area contributed by atoms with Crippen LogP contribution < -0.4 is 15.4 Å². The molecule has 5 heteroatoms. The Kier molecular flexibility index (Phi) is 3.92. The topological polar surface area (TPSA) is 33.3 Å². The summed E-state index contributed by atoms with van der Waals surface area (Å²) in [5.74, 6) is 0.610. The molecule has 1 heterocycles. The van der Waals surface area contributed by atoms with Gasteiger partial charge in [-0.1, -0.05) is 23.2 Å². The molecule has 1 saturated heterocycles. The summed E-state index contributed by atoms with van der Waals surface area (Å²) in [5, 5.41) is 7.98. The second-order valence-corrected chi connectivity index (χ2v) is 4.53. The molecule has 1 aromatic carbocycles. The lowest BCUT2D eigenvalue weighted by Gasteiger charge is -2.26. The molecule has 16 heavy (non-hydrogen) atoms. The van der Waals surface area contributed by atoms with E-state index in [1.54, 1.807) is 13.2 Å². The lowest BCUT2D eigenvalue weighted by molar-refractivity contribution is 0.412. The smallest absolute Gasteiger partial charge is 0.138 e. The Morgan fingerprint density at radius 1 is 1.25 bits per heavy atom. The van der Waals surface area contributed by atoms with Crippen molar-refractivity contribution in [3.8, 4) is 5.75 Å². The molecule has 0 radical (unpaired) electrons. The maximum absolute atomic E-state index is 6.21. The fraction of sp³-hybridized carbons (Fsp3) is 0.455. The van der Waals surface area contributed by atoms with Crippen molar-refractivity contribution < 1.29 is 4.74 Å². The molecule has 0 aromatic heterocycles. The molecule has 1 aliphatic rings. The molecule has 1 fully saturated rings. The molecule has 0 bridgehead atoms. The van der Waals surface area contributed by atoms with Gasteiger partial charge in [0.05, 0.1) is 12.1 Å². The van der Waals surface area contributed by atoms with Crippen molar-refractivity contribution >= 4 is 23.2 Å². The predicted octanol–water partition coefficient (Wildman–Crippen LogP) is 2.24. The second-order valence-electron chi connectivity index (χ2n) is 3.72. The van der Waals surface area contributed by atoms with Crippen LogP contribution in [0.15, 0.2) is 12.1 Å². The van der Waals surface area contributed by atoms with Gasteiger partial charge >= 0.3 is 0 Å². The van der Waals surface area contributed by atoms with Crippen LogP contribution in [0.4, 0.5) is 0 Å². The first-order chi connectivity index (χ1) is 7.72. The van der Waals surface area contributed by atoms with E-state index in [2.05, 4.69) is 10.6 Å². The van der Waals surface area contributed by atoms with Crippen LogP contribution in [0.5, 0.6) is 5.75 Å². The summed E-state index contributed by atoms with van der Waals surface area (Å²) in [6.07, 6.45) is 0. The Bertz CT molecular complexity index is 378. The minimum Gasteiger partial charge on any atom is -0.495 e. The highest BCUT2D eigenvalue weighted by Gasteiger charge is 2.18. The average Bonchev–Trinajstić information content (AvgIpc) is 2.32. The van der Waals surface area contributed by atoms with Crippen molar-refractivity contribution in [3.63, 3.8) is 0 Å². The van der Waals surface area contributed by atoms with Crippen molar-refractivity contribution in [1.82, 2.24) is 10.6 Å². The molecular weight excluding hydrogens is 247 g/mol. The SMILES string of the molecule is COc1cc(Cl)c(C2CNCCN2)cc1Cl. The Morgan fingerprint density at radius 2 is 2.06 bits per heavy atom. The quantitative estimate of drug-likeness (QED) is 0.856. The highest BCUT2D eigenvalue weighted by molar-refractivity contribution is 6.34. The molecule has 88 valence electrons. The fourth-order valence-corrected chi connectivity index (χ4v) is 2.38. The number of halogens is 2. The van der Waals surface area contributed by atoms with Crippen LogP contribution in [0, 0.1) is 0 Å². The van der Waals surface area contributed by atoms with Gasteiger partial charge in [-0.05, 0) is 11.6 Å². The molecular formula is C11H14Cl2N2O. The normalized spacial score (nSPS) is 20.8. The first-order valence-corrected chi connectivity index (χ1v) is 5.95. The molecule has 3 nitrogen and oxygen atoms in total. The van der Waals surface area contributed by atoms with E-state index in [4.69, 9.17) is 27.9 Å². The van der Waals surface area contributed by atoms with Crippen molar-refractivity contribution in [2.75, 3.05) is 26.7 Å². The maximum atomic E-state index is 6.21. The van der Waals surface area contributed by atoms with Crippen molar-refractivity contribution in [3.05, 3.63) is 27.7 Å². The van der Waals surface area contributed by atoms with Gasteiger partial charge in [-0.2, -0.15) is 0 Å². The maximum Gasteiger partial charge on any atom is 0.138 e. The molecule has 1 aliphatic heterocycles. The van der Waals surface area contributed by atoms with Gasteiger partial charge in [0.15, 0.2) is 0 Å². The zero-order valence-corrected chi connectivity index (χ0v) is 10.5. The van der Waals surface area contributed by atoms with Crippen LogP contribution in [0.1, 0.15) is 11.6 Å². The van der Waals surface area contributed by atoms with Crippen molar-refractivity contribution in [1.29, 1.82) is 0 Å². The summed E-state index contributed by atoms with van der Waals surface area (Å²) in [4.78, 5) is 0. The number of piperazine rings is 1. The molecule has 2 N–H and O–H groups in total. The number of methoxy groups -OCH3 is 1. The third kappa shape index (κ3) is 2.43. The lowest BCUT2D eigenvalue weighted by Crippen LogP contribution is -2.42. The number of benzene rings is 1. The first-order valence-electron chi connectivity index (χ1n) is 5.19. The number of nitrogens with one attached hydrogen (secondary N) is 2. The van der Waals surface area contributed by atoms with E-state index in [0.29, 0.717) is 15.8 Å². The minimum atomic E-state index is 0.213. The predicted molar refractivity (Wildman–Crippen MR) is 66.6 cm³/mol. The summed E-state index contributed by atoms with van der Waals surface area (Å²) in [6.45, 7) is 2.78. The van der Waals surface area contributed by atoms with E-state index in [9.17, 15) is 0 Å². The van der Waals surface area contributed by atoms with E-state index in [1.165, 1.54) is 0 Å². The van der Waals surface area contributed by atoms with Crippen LogP contribution in [0.25, 0.3) is 0 Å². The van der Waals surface area contributed by atoms with E-state index in [1.807, 2.05) is 6.07 Å². The zero-order chi connectivity index (χ0) is 11.5. The van der Waals surface area contributed by atoms with E-state index >= 15 is 0 Å². The molecule has 0 spiro atoms. The number of rotatable bonds is 2. The molecule has 0 amide bonds. The van der Waals surface area contributed by atoms with Gasteiger partial charge < -0.3 is 15.4 Å². The van der Waals surface area contributed by atoms with Crippen LogP contribution in [-0.4, -0.2) is 26.7 Å². The van der Waals surface area contributed by atoms with E-state index in [0.717, 1.165) is 25.2 Å². The van der Waals surface area contributed by atoms with Gasteiger partial charge in [0.1, 0.15) is 5.75 Å². The number of ether oxygens (including phenoxy) is 1. The van der Waals surface area contributed by atoms with Gasteiger partial charge in [0.2, 0.25) is 0 Å². The number of hydrogen-bond donors (Lipinski definition) is 2. The fourth-order valence-electron chi connectivity index (χ4n) is 1.84. The van der Waals surface area contributed by atoms with Crippen molar-refractivity contribution in [2.24, 2.45) is 0 Å². The Balaban J connectivity index is 2.29. The summed E-state index contributed by atoms with van der Waals surface area (Å²) < 4.78 is 5.12. The summed E-state index contributed by atoms with van der Waals surface area (Å²) in [5.41, 5.74) is 1.01. The summed E-state index contributed by atoms with van der Waals surface area (Å²) in [6, 6.07) is 3.84. The van der Waals surface area contributed by atoms with Gasteiger partial charge in [0, 0.05) is 36.8 Å². The first kappa shape index (κ1) is 12.0. The van der Waals surface area contributed by atoms with Crippen LogP contribution >= 0.6 is 23.2 Å². The Morgan fingerprint density at radius 3 is 2.69 bits per heavy atom. The molecule has 2 rings (SSSR count). The third-order valence-electron chi connectivity index (χ3n) is 2.69. The standard InChI is InChI=1S/C11H14Cl2N2O/c1-16-11-5-8(12)7(4-9(11)13)10-6-14-2-3-15-10/h4-5,10,14-15H,2-3,6H2,1H3. The highest BCUT2D eigenvalue weighted by atomic mass is 35.5. The molecule has 1 atom stereocenters. The van der Waals surface area contributed by atoms with Crippen LogP contribution in [0.2, 0.25) is 10.0 Å². The van der Waals surface area contributed by atoms with Gasteiger partial charge in [0.25, 0.3) is 0 Å². The largest absolute Gasteiger partial charge is 0.495 e. The van der Waals surface area contributed by atoms with Gasteiger partial charge in [-0.15, -0.1) is 0 Å². The molecule has 1 unspecified atom stereocenters. The highest BCUT2D eigenvalue weighted by Crippen LogP contribution is 2.34. The van der Waals surface area contributed by atoms with Gasteiger partial charge in [-0.25, -0.2) is 0 Å². The van der Waals surface area contributed by atoms with Gasteiger partial charge in [-0.3, -0.25) is 0 Å². The minimum absolute atomic E-state index is 0.213. The van der Waals surface area contributed by atoms with E-state index < -0.39 is 0 Å². The Labute approximate surface area is 105 Å². The van der Waals surface area contributed by atoms with Crippen molar-refractivity contribution in [2.45, 2.75) is 6.04 Å². The lowest BCUT2D eigenvalue weighted by atomic mass is 10.1. The van der Waals surface area contributed by atoms with Crippen LogP contribution in [-0.2, 0) is 0 Å². The second kappa shape index (κ2) is 5.23.